The highest BCUT2D eigenvalue weighted by Crippen LogP contribution is 2.42. The Morgan fingerprint density at radius 3 is 2.78 bits per heavy atom. The highest BCUT2D eigenvalue weighted by atomic mass is 32.2. The van der Waals surface area contributed by atoms with Crippen LogP contribution in [0.4, 0.5) is 5.69 Å². The van der Waals surface area contributed by atoms with Crippen molar-refractivity contribution in [1.29, 1.82) is 0 Å². The fourth-order valence-corrected chi connectivity index (χ4v) is 5.09. The smallest absolute Gasteiger partial charge is 0.240 e. The lowest BCUT2D eigenvalue weighted by Crippen LogP contribution is -2.42. The molecule has 8 heteroatoms. The zero-order chi connectivity index (χ0) is 19.4. The summed E-state index contributed by atoms with van der Waals surface area (Å²) >= 11 is 3.24. The molecule has 0 bridgehead atoms. The molecule has 0 atom stereocenters. The number of carbonyl (C=O) groups excluding carboxylic acids is 2. The standard InChI is InChI=1S/C19H22N2O4S2/c1-4-14-8-15-19(27-14)26-11-18(23)21(15)10-17(22)20-9-12-7-13(24-2)5-6-16(12)25-3/h5-8H,4,9-11H2,1-3H3,(H,20,22). The molecule has 2 heterocycles. The largest absolute Gasteiger partial charge is 0.497 e. The van der Waals surface area contributed by atoms with Gasteiger partial charge in [-0.15, -0.1) is 23.1 Å². The van der Waals surface area contributed by atoms with Gasteiger partial charge in [0.25, 0.3) is 0 Å². The van der Waals surface area contributed by atoms with E-state index in [-0.39, 0.29) is 18.4 Å². The molecule has 6 nitrogen and oxygen atoms in total. The Bertz CT molecular complexity index is 850. The van der Waals surface area contributed by atoms with E-state index in [0.717, 1.165) is 21.9 Å². The van der Waals surface area contributed by atoms with Crippen LogP contribution in [0, 0.1) is 0 Å². The molecule has 1 N–H and O–H groups in total. The van der Waals surface area contributed by atoms with E-state index in [9.17, 15) is 9.59 Å². The second-order valence-electron chi connectivity index (χ2n) is 5.96. The van der Waals surface area contributed by atoms with Crippen LogP contribution in [0.15, 0.2) is 28.5 Å². The second-order valence-corrected chi connectivity index (χ2v) is 8.34. The average molecular weight is 407 g/mol. The normalized spacial score (nSPS) is 13.3. The number of carbonyl (C=O) groups is 2. The quantitative estimate of drug-likeness (QED) is 0.765. The van der Waals surface area contributed by atoms with Crippen molar-refractivity contribution in [3.05, 3.63) is 34.7 Å². The molecule has 0 spiro atoms. The van der Waals surface area contributed by atoms with Gasteiger partial charge < -0.3 is 19.7 Å². The van der Waals surface area contributed by atoms with Crippen molar-refractivity contribution in [2.24, 2.45) is 0 Å². The first-order valence-electron chi connectivity index (χ1n) is 8.59. The first-order valence-corrected chi connectivity index (χ1v) is 10.4. The van der Waals surface area contributed by atoms with Gasteiger partial charge in [-0.3, -0.25) is 9.59 Å². The van der Waals surface area contributed by atoms with Gasteiger partial charge in [-0.1, -0.05) is 6.92 Å². The van der Waals surface area contributed by atoms with Gasteiger partial charge in [0, 0.05) is 17.0 Å². The Hall–Kier alpha value is -2.19. The van der Waals surface area contributed by atoms with E-state index in [0.29, 0.717) is 23.8 Å². The van der Waals surface area contributed by atoms with Gasteiger partial charge in [0.2, 0.25) is 11.8 Å². The van der Waals surface area contributed by atoms with E-state index in [4.69, 9.17) is 9.47 Å². The summed E-state index contributed by atoms with van der Waals surface area (Å²) in [7, 11) is 3.17. The molecule has 1 aromatic carbocycles. The Morgan fingerprint density at radius 1 is 1.26 bits per heavy atom. The van der Waals surface area contributed by atoms with Crippen molar-refractivity contribution in [3.63, 3.8) is 0 Å². The van der Waals surface area contributed by atoms with Crippen molar-refractivity contribution in [1.82, 2.24) is 5.32 Å². The summed E-state index contributed by atoms with van der Waals surface area (Å²) in [5, 5.41) is 2.87. The molecule has 0 saturated heterocycles. The lowest BCUT2D eigenvalue weighted by molar-refractivity contribution is -0.123. The van der Waals surface area contributed by atoms with Crippen LogP contribution in [0.2, 0.25) is 0 Å². The van der Waals surface area contributed by atoms with Crippen molar-refractivity contribution in [2.45, 2.75) is 24.1 Å². The number of hydrogen-bond donors (Lipinski definition) is 1. The molecule has 1 aliphatic rings. The number of amides is 2. The highest BCUT2D eigenvalue weighted by molar-refractivity contribution is 8.02. The molecule has 1 aliphatic heterocycles. The number of thiophene rings is 1. The maximum atomic E-state index is 12.5. The Labute approximate surface area is 166 Å². The first kappa shape index (κ1) is 19.6. The van der Waals surface area contributed by atoms with Crippen LogP contribution in [-0.2, 0) is 22.6 Å². The zero-order valence-corrected chi connectivity index (χ0v) is 17.2. The minimum atomic E-state index is -0.213. The van der Waals surface area contributed by atoms with Crippen LogP contribution in [0.3, 0.4) is 0 Å². The predicted octanol–water partition coefficient (Wildman–Crippen LogP) is 3.08. The third kappa shape index (κ3) is 4.39. The third-order valence-electron chi connectivity index (χ3n) is 4.26. The van der Waals surface area contributed by atoms with E-state index >= 15 is 0 Å². The maximum Gasteiger partial charge on any atom is 0.240 e. The molecule has 0 saturated carbocycles. The Kier molecular flexibility index (Phi) is 6.28. The molecule has 2 aromatic rings. The van der Waals surface area contributed by atoms with Crippen molar-refractivity contribution in [3.8, 4) is 11.5 Å². The number of anilines is 1. The summed E-state index contributed by atoms with van der Waals surface area (Å²) in [5.74, 6) is 1.48. The third-order valence-corrected chi connectivity index (χ3v) is 6.79. The molecule has 144 valence electrons. The zero-order valence-electron chi connectivity index (χ0n) is 15.5. The summed E-state index contributed by atoms with van der Waals surface area (Å²) < 4.78 is 11.7. The maximum absolute atomic E-state index is 12.5. The molecule has 2 amide bonds. The van der Waals surface area contributed by atoms with Gasteiger partial charge >= 0.3 is 0 Å². The van der Waals surface area contributed by atoms with Gasteiger partial charge in [0.05, 0.1) is 29.9 Å². The fraction of sp³-hybridized carbons (Fsp3) is 0.368. The molecule has 0 fully saturated rings. The van der Waals surface area contributed by atoms with Gasteiger partial charge in [0.15, 0.2) is 0 Å². The number of nitrogens with one attached hydrogen (secondary N) is 1. The monoisotopic (exact) mass is 406 g/mol. The van der Waals surface area contributed by atoms with Crippen LogP contribution >= 0.6 is 23.1 Å². The molecular formula is C19H22N2O4S2. The summed E-state index contributed by atoms with van der Waals surface area (Å²) in [5.41, 5.74) is 1.67. The van der Waals surface area contributed by atoms with E-state index < -0.39 is 0 Å². The summed E-state index contributed by atoms with van der Waals surface area (Å²) in [6.45, 7) is 2.40. The molecule has 0 unspecified atom stereocenters. The SMILES string of the molecule is CCc1cc2c(s1)SCC(=O)N2CC(=O)NCc1cc(OC)ccc1OC. The minimum absolute atomic E-state index is 0.0125. The number of nitrogens with zero attached hydrogens (tertiary/aromatic N) is 1. The summed E-state index contributed by atoms with van der Waals surface area (Å²) in [6.07, 6.45) is 0.919. The topological polar surface area (TPSA) is 67.9 Å². The molecular weight excluding hydrogens is 384 g/mol. The Morgan fingerprint density at radius 2 is 2.07 bits per heavy atom. The predicted molar refractivity (Wildman–Crippen MR) is 108 cm³/mol. The molecule has 1 aromatic heterocycles. The van der Waals surface area contributed by atoms with E-state index in [1.807, 2.05) is 12.1 Å². The number of aryl methyl sites for hydroxylation is 1. The number of hydrogen-bond acceptors (Lipinski definition) is 6. The van der Waals surface area contributed by atoms with Crippen molar-refractivity contribution in [2.75, 3.05) is 31.4 Å². The second kappa shape index (κ2) is 8.67. The minimum Gasteiger partial charge on any atom is -0.497 e. The van der Waals surface area contributed by atoms with Gasteiger partial charge in [-0.25, -0.2) is 0 Å². The van der Waals surface area contributed by atoms with Crippen LogP contribution in [0.25, 0.3) is 0 Å². The van der Waals surface area contributed by atoms with Gasteiger partial charge in [-0.05, 0) is 30.7 Å². The number of methoxy groups -OCH3 is 2. The fourth-order valence-electron chi connectivity index (χ4n) is 2.80. The highest BCUT2D eigenvalue weighted by Gasteiger charge is 2.28. The van der Waals surface area contributed by atoms with Gasteiger partial charge in [-0.2, -0.15) is 0 Å². The lowest BCUT2D eigenvalue weighted by atomic mass is 10.2. The molecule has 3 rings (SSSR count). The van der Waals surface area contributed by atoms with Crippen LogP contribution < -0.4 is 19.7 Å². The average Bonchev–Trinajstić information content (AvgIpc) is 3.12. The van der Waals surface area contributed by atoms with E-state index in [1.165, 1.54) is 4.88 Å². The van der Waals surface area contributed by atoms with E-state index in [1.54, 1.807) is 54.4 Å². The Balaban J connectivity index is 1.68. The summed E-state index contributed by atoms with van der Waals surface area (Å²) in [6, 6.07) is 7.45. The van der Waals surface area contributed by atoms with Crippen molar-refractivity contribution >= 4 is 40.6 Å². The molecule has 0 radical (unpaired) electrons. The number of rotatable bonds is 7. The van der Waals surface area contributed by atoms with Crippen LogP contribution in [0.1, 0.15) is 17.4 Å². The summed E-state index contributed by atoms with van der Waals surface area (Å²) in [4.78, 5) is 27.6. The van der Waals surface area contributed by atoms with Crippen molar-refractivity contribution < 1.29 is 19.1 Å². The van der Waals surface area contributed by atoms with Gasteiger partial charge in [0.1, 0.15) is 18.0 Å². The number of ether oxygens (including phenoxy) is 2. The number of fused-ring (bicyclic) bond motifs is 1. The van der Waals surface area contributed by atoms with E-state index in [2.05, 4.69) is 12.2 Å². The first-order chi connectivity index (χ1) is 13.0. The number of thioether (sulfide) groups is 1. The van der Waals surface area contributed by atoms with Crippen LogP contribution in [-0.4, -0.2) is 38.3 Å². The van der Waals surface area contributed by atoms with Crippen LogP contribution in [0.5, 0.6) is 11.5 Å². The lowest BCUT2D eigenvalue weighted by Gasteiger charge is -2.26. The molecule has 27 heavy (non-hydrogen) atoms. The molecule has 0 aliphatic carbocycles. The number of benzene rings is 1.